The van der Waals surface area contributed by atoms with E-state index in [1.807, 2.05) is 0 Å². The van der Waals surface area contributed by atoms with Crippen LogP contribution in [0, 0.1) is 0 Å². The lowest BCUT2D eigenvalue weighted by atomic mass is 9.99. The van der Waals surface area contributed by atoms with Crippen molar-refractivity contribution in [2.24, 2.45) is 0 Å². The first-order valence-corrected chi connectivity index (χ1v) is 12.4. The van der Waals surface area contributed by atoms with Crippen molar-refractivity contribution in [2.75, 3.05) is 6.61 Å². The van der Waals surface area contributed by atoms with Crippen molar-refractivity contribution in [1.29, 1.82) is 0 Å². The van der Waals surface area contributed by atoms with Gasteiger partial charge in [0.15, 0.2) is 6.17 Å². The topological polar surface area (TPSA) is 26.3 Å². The molecule has 0 heterocycles. The Morgan fingerprint density at radius 2 is 1.03 bits per heavy atom. The highest BCUT2D eigenvalue weighted by Crippen LogP contribution is 2.49. The predicted octanol–water partition coefficient (Wildman–Crippen LogP) is 9.05. The quantitative estimate of drug-likeness (QED) is 0.0904. The van der Waals surface area contributed by atoms with Crippen LogP contribution in [0.1, 0.15) is 117 Å². The molecule has 33 heavy (non-hydrogen) atoms. The summed E-state index contributed by atoms with van der Waals surface area (Å²) in [5, 5.41) is 0. The fourth-order valence-corrected chi connectivity index (χ4v) is 3.52. The average Bonchev–Trinajstić information content (AvgIpc) is 2.77. The van der Waals surface area contributed by atoms with E-state index in [4.69, 9.17) is 0 Å². The number of esters is 1. The second-order valence-corrected chi connectivity index (χ2v) is 8.73. The number of carbonyl (C=O) groups excluding carboxylic acids is 1. The molecule has 0 aliphatic heterocycles. The van der Waals surface area contributed by atoms with Gasteiger partial charge in [0, 0.05) is 0 Å². The smallest absolute Gasteiger partial charge is 0.410 e. The normalized spacial score (nSPS) is 13.8. The summed E-state index contributed by atoms with van der Waals surface area (Å²) in [6, 6.07) is 0. The maximum atomic E-state index is 13.6. The Hall–Kier alpha value is -1.02. The molecule has 0 rings (SSSR count). The third-order valence-corrected chi connectivity index (χ3v) is 5.80. The van der Waals surface area contributed by atoms with Crippen LogP contribution in [0.3, 0.4) is 0 Å². The zero-order valence-corrected chi connectivity index (χ0v) is 20.1. The first-order chi connectivity index (χ1) is 15.5. The molecule has 1 unspecified atom stereocenters. The van der Waals surface area contributed by atoms with Gasteiger partial charge >= 0.3 is 23.7 Å². The van der Waals surface area contributed by atoms with Crippen LogP contribution in [0.5, 0.6) is 0 Å². The third-order valence-electron chi connectivity index (χ3n) is 5.80. The van der Waals surface area contributed by atoms with Crippen molar-refractivity contribution >= 4 is 5.97 Å². The van der Waals surface area contributed by atoms with Gasteiger partial charge in [-0.05, 0) is 12.8 Å². The van der Waals surface area contributed by atoms with Crippen LogP contribution < -0.4 is 0 Å². The molecule has 9 heteroatoms. The Morgan fingerprint density at radius 1 is 0.667 bits per heavy atom. The van der Waals surface area contributed by atoms with Crippen molar-refractivity contribution in [3.05, 3.63) is 0 Å². The fraction of sp³-hybridized carbons (Fsp3) is 0.958. The number of hydrogen-bond acceptors (Lipinski definition) is 2. The van der Waals surface area contributed by atoms with Gasteiger partial charge in [-0.2, -0.15) is 26.3 Å². The molecule has 1 atom stereocenters. The molecule has 0 spiro atoms. The molecule has 0 radical (unpaired) electrons. The number of hydrogen-bond donors (Lipinski definition) is 0. The molecule has 198 valence electrons. The fourth-order valence-electron chi connectivity index (χ4n) is 3.52. The maximum absolute atomic E-state index is 13.6. The molecule has 0 bridgehead atoms. The van der Waals surface area contributed by atoms with E-state index in [0.717, 1.165) is 39.0 Å². The van der Waals surface area contributed by atoms with Gasteiger partial charge in [-0.15, -0.1) is 0 Å². The van der Waals surface area contributed by atoms with Crippen LogP contribution in [0.15, 0.2) is 0 Å². The van der Waals surface area contributed by atoms with Gasteiger partial charge in [-0.3, -0.25) is 0 Å². The molecule has 0 aromatic rings. The first-order valence-electron chi connectivity index (χ1n) is 12.4. The summed E-state index contributed by atoms with van der Waals surface area (Å²) in [5.74, 6) is -20.5. The number of halogens is 7. The number of unbranched alkanes of at least 4 members (excludes halogenated alkanes) is 14. The van der Waals surface area contributed by atoms with Crippen molar-refractivity contribution in [2.45, 2.75) is 141 Å². The van der Waals surface area contributed by atoms with Crippen LogP contribution in [-0.2, 0) is 9.53 Å². The van der Waals surface area contributed by atoms with Gasteiger partial charge < -0.3 is 4.74 Å². The van der Waals surface area contributed by atoms with E-state index in [1.165, 1.54) is 51.4 Å². The zero-order chi connectivity index (χ0) is 25.4. The summed E-state index contributed by atoms with van der Waals surface area (Å²) in [6.45, 7) is 2.42. The van der Waals surface area contributed by atoms with E-state index in [9.17, 15) is 35.5 Å². The summed E-state index contributed by atoms with van der Waals surface area (Å²) in [5.41, 5.74) is 0. The maximum Gasteiger partial charge on any atom is 0.410 e. The van der Waals surface area contributed by atoms with Gasteiger partial charge in [0.25, 0.3) is 0 Å². The Labute approximate surface area is 194 Å². The van der Waals surface area contributed by atoms with Crippen molar-refractivity contribution in [3.8, 4) is 0 Å². The molecule has 0 saturated heterocycles. The number of alkyl halides is 7. The second-order valence-electron chi connectivity index (χ2n) is 8.73. The molecule has 0 amide bonds. The minimum atomic E-state index is -6.19. The van der Waals surface area contributed by atoms with E-state index >= 15 is 0 Å². The summed E-state index contributed by atoms with van der Waals surface area (Å²) in [4.78, 5) is 11.3. The monoisotopic (exact) mass is 494 g/mol. The van der Waals surface area contributed by atoms with E-state index in [0.29, 0.717) is 6.42 Å². The number of rotatable bonds is 21. The lowest BCUT2D eigenvalue weighted by Crippen LogP contribution is -2.61. The average molecular weight is 495 g/mol. The Balaban J connectivity index is 3.89. The lowest BCUT2D eigenvalue weighted by Gasteiger charge is -2.32. The highest BCUT2D eigenvalue weighted by Gasteiger charge is 2.77. The van der Waals surface area contributed by atoms with E-state index in [1.54, 1.807) is 0 Å². The highest BCUT2D eigenvalue weighted by atomic mass is 19.3. The zero-order valence-electron chi connectivity index (χ0n) is 20.1. The molecule has 0 aliphatic rings. The van der Waals surface area contributed by atoms with E-state index in [2.05, 4.69) is 11.7 Å². The molecule has 0 saturated carbocycles. The van der Waals surface area contributed by atoms with E-state index in [-0.39, 0.29) is 6.42 Å². The van der Waals surface area contributed by atoms with Gasteiger partial charge in [0.05, 0.1) is 6.61 Å². The van der Waals surface area contributed by atoms with Crippen molar-refractivity contribution < 1.29 is 40.3 Å². The molecular formula is C24H41F7O2. The highest BCUT2D eigenvalue weighted by molar-refractivity contribution is 5.79. The van der Waals surface area contributed by atoms with Gasteiger partial charge in [0.1, 0.15) is 0 Å². The minimum absolute atomic E-state index is 0.155. The Bertz CT molecular complexity index is 513. The SMILES string of the molecule is CCCCCCCCCCCCCCCCCOC(=O)C(F)(F)C(F)(F)C(F)(F)C(F)CC. The summed E-state index contributed by atoms with van der Waals surface area (Å²) in [6.07, 6.45) is 11.3. The van der Waals surface area contributed by atoms with Crippen LogP contribution >= 0.6 is 0 Å². The van der Waals surface area contributed by atoms with Gasteiger partial charge in [-0.25, -0.2) is 9.18 Å². The van der Waals surface area contributed by atoms with Crippen LogP contribution in [0.2, 0.25) is 0 Å². The Kier molecular flexibility index (Phi) is 16.1. The standard InChI is InChI=1S/C24H41F7O2/c1-3-5-6-7-8-9-10-11-12-13-14-15-16-17-18-19-33-21(32)23(28,29)24(30,31)22(26,27)20(25)4-2/h20H,3-19H2,1-2H3. The largest absolute Gasteiger partial charge is 0.461 e. The first kappa shape index (κ1) is 32.0. The number of carbonyl (C=O) groups is 1. The summed E-state index contributed by atoms with van der Waals surface area (Å²) < 4.78 is 98.2. The van der Waals surface area contributed by atoms with Crippen LogP contribution in [0.25, 0.3) is 0 Å². The second kappa shape index (κ2) is 16.6. The molecule has 0 aromatic carbocycles. The Morgan fingerprint density at radius 3 is 1.39 bits per heavy atom. The molecule has 0 N–H and O–H groups in total. The lowest BCUT2D eigenvalue weighted by molar-refractivity contribution is -0.319. The van der Waals surface area contributed by atoms with Crippen molar-refractivity contribution in [3.63, 3.8) is 0 Å². The van der Waals surface area contributed by atoms with Crippen LogP contribution in [-0.4, -0.2) is 36.5 Å². The van der Waals surface area contributed by atoms with Crippen LogP contribution in [0.4, 0.5) is 30.7 Å². The summed E-state index contributed by atoms with van der Waals surface area (Å²) >= 11 is 0. The van der Waals surface area contributed by atoms with Gasteiger partial charge in [0.2, 0.25) is 0 Å². The summed E-state index contributed by atoms with van der Waals surface area (Å²) in [7, 11) is 0. The molecule has 0 aliphatic carbocycles. The third kappa shape index (κ3) is 10.8. The van der Waals surface area contributed by atoms with E-state index < -0.39 is 42.9 Å². The molecule has 0 aromatic heterocycles. The van der Waals surface area contributed by atoms with Gasteiger partial charge in [-0.1, -0.05) is 104 Å². The predicted molar refractivity (Wildman–Crippen MR) is 116 cm³/mol. The molecule has 0 fully saturated rings. The molecule has 2 nitrogen and oxygen atoms in total. The minimum Gasteiger partial charge on any atom is -0.461 e. The molecular weight excluding hydrogens is 453 g/mol. The number of ether oxygens (including phenoxy) is 1. The van der Waals surface area contributed by atoms with Crippen molar-refractivity contribution in [1.82, 2.24) is 0 Å².